The molecule has 2 fully saturated rings. The Hall–Kier alpha value is -2.49. The number of halogens is 1. The molecule has 2 saturated heterocycles. The molecule has 4 rings (SSSR count). The molecule has 1 amide bonds. The fourth-order valence-corrected chi connectivity index (χ4v) is 4.51. The maximum atomic E-state index is 13.1. The number of amides is 1. The lowest BCUT2D eigenvalue weighted by Gasteiger charge is -2.35. The number of β-amino-alcohol motifs (C(OH)–C–C–N with tert-alkyl or cyclic N) is 1. The standard InChI is InChI=1S/C24H34FN5O3/c1-2-3-21(31)16-27-8-10-28(11-9-27)17-23-26-22(18-33-23)24(32)30-14-12-29(13-15-30)20-6-4-19(25)5-7-20/h4-7,18,21,31H,2-3,8-17H2,1H3/t21-/m0/s1. The van der Waals surface area contributed by atoms with E-state index in [-0.39, 0.29) is 17.8 Å². The fourth-order valence-electron chi connectivity index (χ4n) is 4.51. The van der Waals surface area contributed by atoms with Crippen LogP contribution in [0.15, 0.2) is 34.9 Å². The minimum Gasteiger partial charge on any atom is -0.447 e. The number of nitrogens with zero attached hydrogens (tertiary/aromatic N) is 5. The van der Waals surface area contributed by atoms with Crippen LogP contribution in [0, 0.1) is 5.82 Å². The molecule has 1 N–H and O–H groups in total. The predicted octanol–water partition coefficient (Wildman–Crippen LogP) is 2.05. The van der Waals surface area contributed by atoms with E-state index in [4.69, 9.17) is 4.42 Å². The van der Waals surface area contributed by atoms with Crippen molar-refractivity contribution in [1.29, 1.82) is 0 Å². The summed E-state index contributed by atoms with van der Waals surface area (Å²) in [5, 5.41) is 10.0. The van der Waals surface area contributed by atoms with Gasteiger partial charge in [0.15, 0.2) is 5.69 Å². The van der Waals surface area contributed by atoms with Crippen molar-refractivity contribution in [3.8, 4) is 0 Å². The van der Waals surface area contributed by atoms with Crippen LogP contribution in [-0.4, -0.2) is 95.7 Å². The molecule has 0 aliphatic carbocycles. The van der Waals surface area contributed by atoms with Crippen LogP contribution in [0.5, 0.6) is 0 Å². The molecular formula is C24H34FN5O3. The molecule has 0 bridgehead atoms. The lowest BCUT2D eigenvalue weighted by molar-refractivity contribution is 0.0634. The summed E-state index contributed by atoms with van der Waals surface area (Å²) in [6, 6.07) is 6.45. The quantitative estimate of drug-likeness (QED) is 0.648. The zero-order chi connectivity index (χ0) is 23.2. The molecule has 2 aromatic rings. The summed E-state index contributed by atoms with van der Waals surface area (Å²) < 4.78 is 18.8. The number of anilines is 1. The number of oxazole rings is 1. The van der Waals surface area contributed by atoms with Crippen molar-refractivity contribution in [1.82, 2.24) is 19.7 Å². The summed E-state index contributed by atoms with van der Waals surface area (Å²) in [7, 11) is 0. The highest BCUT2D eigenvalue weighted by atomic mass is 19.1. The van der Waals surface area contributed by atoms with Gasteiger partial charge in [0.1, 0.15) is 12.1 Å². The molecule has 0 saturated carbocycles. The first-order valence-electron chi connectivity index (χ1n) is 11.9. The number of rotatable bonds is 8. The maximum absolute atomic E-state index is 13.1. The van der Waals surface area contributed by atoms with E-state index in [0.29, 0.717) is 44.3 Å². The summed E-state index contributed by atoms with van der Waals surface area (Å²) in [4.78, 5) is 25.8. The van der Waals surface area contributed by atoms with Gasteiger partial charge in [-0.1, -0.05) is 13.3 Å². The van der Waals surface area contributed by atoms with Crippen molar-refractivity contribution >= 4 is 11.6 Å². The van der Waals surface area contributed by atoms with Crippen LogP contribution in [0.25, 0.3) is 0 Å². The van der Waals surface area contributed by atoms with Crippen molar-refractivity contribution in [3.05, 3.63) is 47.9 Å². The third-order valence-corrected chi connectivity index (χ3v) is 6.44. The Morgan fingerprint density at radius 2 is 1.73 bits per heavy atom. The average Bonchev–Trinajstić information content (AvgIpc) is 3.29. The Labute approximate surface area is 194 Å². The number of carbonyl (C=O) groups excluding carboxylic acids is 1. The second-order valence-electron chi connectivity index (χ2n) is 8.90. The highest BCUT2D eigenvalue weighted by Crippen LogP contribution is 2.18. The first-order chi connectivity index (χ1) is 16.0. The van der Waals surface area contributed by atoms with Crippen molar-refractivity contribution < 1.29 is 18.7 Å². The molecule has 1 aromatic carbocycles. The molecule has 0 unspecified atom stereocenters. The number of hydrogen-bond acceptors (Lipinski definition) is 7. The fraction of sp³-hybridized carbons (Fsp3) is 0.583. The Balaban J connectivity index is 1.22. The largest absolute Gasteiger partial charge is 0.447 e. The normalized spacial score (nSPS) is 19.1. The predicted molar refractivity (Wildman–Crippen MR) is 124 cm³/mol. The van der Waals surface area contributed by atoms with Gasteiger partial charge in [0.2, 0.25) is 5.89 Å². The van der Waals surface area contributed by atoms with E-state index >= 15 is 0 Å². The molecule has 180 valence electrons. The number of aliphatic hydroxyl groups is 1. The minimum atomic E-state index is -0.251. The van der Waals surface area contributed by atoms with Gasteiger partial charge in [-0.2, -0.15) is 0 Å². The number of aliphatic hydroxyl groups excluding tert-OH is 1. The maximum Gasteiger partial charge on any atom is 0.275 e. The minimum absolute atomic E-state index is 0.113. The van der Waals surface area contributed by atoms with Crippen LogP contribution in [-0.2, 0) is 6.54 Å². The van der Waals surface area contributed by atoms with Gasteiger partial charge in [-0.25, -0.2) is 9.37 Å². The van der Waals surface area contributed by atoms with E-state index in [1.54, 1.807) is 17.0 Å². The van der Waals surface area contributed by atoms with Crippen molar-refractivity contribution in [2.45, 2.75) is 32.4 Å². The number of carbonyl (C=O) groups is 1. The van der Waals surface area contributed by atoms with Crippen LogP contribution >= 0.6 is 0 Å². The van der Waals surface area contributed by atoms with E-state index in [1.165, 1.54) is 18.4 Å². The van der Waals surface area contributed by atoms with E-state index in [0.717, 1.165) is 51.3 Å². The van der Waals surface area contributed by atoms with Crippen molar-refractivity contribution in [3.63, 3.8) is 0 Å². The van der Waals surface area contributed by atoms with E-state index in [9.17, 15) is 14.3 Å². The Kier molecular flexibility index (Phi) is 7.95. The van der Waals surface area contributed by atoms with Gasteiger partial charge < -0.3 is 19.3 Å². The molecule has 9 heteroatoms. The smallest absolute Gasteiger partial charge is 0.275 e. The van der Waals surface area contributed by atoms with Gasteiger partial charge >= 0.3 is 0 Å². The zero-order valence-electron chi connectivity index (χ0n) is 19.3. The molecule has 2 aliphatic rings. The van der Waals surface area contributed by atoms with Crippen molar-refractivity contribution in [2.75, 3.05) is 63.8 Å². The summed E-state index contributed by atoms with van der Waals surface area (Å²) in [6.45, 7) is 9.55. The van der Waals surface area contributed by atoms with Crippen LogP contribution in [0.2, 0.25) is 0 Å². The molecule has 0 radical (unpaired) electrons. The molecule has 2 aliphatic heterocycles. The number of hydrogen-bond donors (Lipinski definition) is 1. The SMILES string of the molecule is CCC[C@H](O)CN1CCN(Cc2nc(C(=O)N3CCN(c4ccc(F)cc4)CC3)co2)CC1. The Bertz CT molecular complexity index is 890. The lowest BCUT2D eigenvalue weighted by Crippen LogP contribution is -2.49. The van der Waals surface area contributed by atoms with E-state index < -0.39 is 0 Å². The van der Waals surface area contributed by atoms with Gasteiger partial charge in [-0.15, -0.1) is 0 Å². The summed E-state index contributed by atoms with van der Waals surface area (Å²) >= 11 is 0. The van der Waals surface area contributed by atoms with Crippen LogP contribution < -0.4 is 4.90 Å². The van der Waals surface area contributed by atoms with Gasteiger partial charge in [-0.3, -0.25) is 14.6 Å². The van der Waals surface area contributed by atoms with Crippen LogP contribution in [0.3, 0.4) is 0 Å². The first-order valence-corrected chi connectivity index (χ1v) is 11.9. The summed E-state index contributed by atoms with van der Waals surface area (Å²) in [6.07, 6.45) is 3.05. The molecular weight excluding hydrogens is 425 g/mol. The number of aromatic nitrogens is 1. The highest BCUT2D eigenvalue weighted by Gasteiger charge is 2.26. The molecule has 0 spiro atoms. The lowest BCUT2D eigenvalue weighted by atomic mass is 10.2. The number of piperazine rings is 2. The summed E-state index contributed by atoms with van der Waals surface area (Å²) in [5.41, 5.74) is 1.31. The average molecular weight is 460 g/mol. The van der Waals surface area contributed by atoms with Gasteiger partial charge in [-0.05, 0) is 30.7 Å². The second kappa shape index (κ2) is 11.1. The summed E-state index contributed by atoms with van der Waals surface area (Å²) in [5.74, 6) is 0.198. The molecule has 1 aromatic heterocycles. The molecule has 33 heavy (non-hydrogen) atoms. The Morgan fingerprint density at radius 3 is 2.39 bits per heavy atom. The molecule has 8 nitrogen and oxygen atoms in total. The Morgan fingerprint density at radius 1 is 1.06 bits per heavy atom. The zero-order valence-corrected chi connectivity index (χ0v) is 19.3. The van der Waals surface area contributed by atoms with Crippen molar-refractivity contribution in [2.24, 2.45) is 0 Å². The second-order valence-corrected chi connectivity index (χ2v) is 8.90. The third-order valence-electron chi connectivity index (χ3n) is 6.44. The van der Waals surface area contributed by atoms with Gasteiger partial charge in [0.25, 0.3) is 5.91 Å². The van der Waals surface area contributed by atoms with E-state index in [1.807, 2.05) is 0 Å². The highest BCUT2D eigenvalue weighted by molar-refractivity contribution is 5.92. The van der Waals surface area contributed by atoms with Gasteiger partial charge in [0.05, 0.1) is 12.6 Å². The van der Waals surface area contributed by atoms with E-state index in [2.05, 4.69) is 26.6 Å². The van der Waals surface area contributed by atoms with Crippen LogP contribution in [0.4, 0.5) is 10.1 Å². The molecule has 1 atom stereocenters. The number of benzene rings is 1. The van der Waals surface area contributed by atoms with Gasteiger partial charge in [0, 0.05) is 64.6 Å². The monoisotopic (exact) mass is 459 g/mol. The van der Waals surface area contributed by atoms with Crippen LogP contribution in [0.1, 0.15) is 36.1 Å². The topological polar surface area (TPSA) is 76.3 Å². The third kappa shape index (κ3) is 6.31. The first kappa shape index (κ1) is 23.7. The molecule has 3 heterocycles.